The van der Waals surface area contributed by atoms with E-state index in [4.69, 9.17) is 15.2 Å². The summed E-state index contributed by atoms with van der Waals surface area (Å²) in [6, 6.07) is 13.6. The van der Waals surface area contributed by atoms with E-state index in [0.29, 0.717) is 0 Å². The largest absolute Gasteiger partial charge is 0.508 e. The van der Waals surface area contributed by atoms with Crippen molar-refractivity contribution in [2.45, 2.75) is 0 Å². The number of hydrogen-bond donors (Lipinski definition) is 3. The predicted octanol–water partition coefficient (Wildman–Crippen LogP) is 2.67. The van der Waals surface area contributed by atoms with E-state index >= 15 is 0 Å². The number of nitrogen functional groups attached to an aromatic ring is 1. The normalized spacial score (nSPS) is 10.2. The number of aromatic hydroxyl groups is 2. The van der Waals surface area contributed by atoms with Crippen molar-refractivity contribution < 1.29 is 38.9 Å². The lowest BCUT2D eigenvalue weighted by Crippen LogP contribution is -2.16. The van der Waals surface area contributed by atoms with Crippen LogP contribution in [0.2, 0.25) is 0 Å². The van der Waals surface area contributed by atoms with Gasteiger partial charge in [0.25, 0.3) is 0 Å². The Bertz CT molecular complexity index is 1170. The van der Waals surface area contributed by atoms with Gasteiger partial charge in [-0.1, -0.05) is 0 Å². The van der Waals surface area contributed by atoms with Gasteiger partial charge in [-0.3, -0.25) is 0 Å². The standard InChI is InChI=1S/C22H15NO8/c23-18-11-14(21(28)30-19(26)12-1-6-15(24)7-2-12)5-10-17(18)22(29)31-20(27)13-3-8-16(25)9-4-13/h1-11,24-25H,23H2. The van der Waals surface area contributed by atoms with Crippen molar-refractivity contribution in [3.63, 3.8) is 0 Å². The molecule has 0 fully saturated rings. The average Bonchev–Trinajstić information content (AvgIpc) is 2.74. The summed E-state index contributed by atoms with van der Waals surface area (Å²) in [6.07, 6.45) is 0. The highest BCUT2D eigenvalue weighted by Crippen LogP contribution is 2.19. The quantitative estimate of drug-likeness (QED) is 0.328. The summed E-state index contributed by atoms with van der Waals surface area (Å²) < 4.78 is 9.49. The van der Waals surface area contributed by atoms with Gasteiger partial charge in [-0.15, -0.1) is 0 Å². The molecule has 0 aromatic heterocycles. The van der Waals surface area contributed by atoms with Crippen molar-refractivity contribution in [1.29, 1.82) is 0 Å². The fourth-order valence-electron chi connectivity index (χ4n) is 2.47. The van der Waals surface area contributed by atoms with E-state index in [-0.39, 0.29) is 39.4 Å². The lowest BCUT2D eigenvalue weighted by molar-refractivity contribution is 0.0377. The second-order valence-corrected chi connectivity index (χ2v) is 6.25. The molecule has 0 unspecified atom stereocenters. The van der Waals surface area contributed by atoms with Crippen LogP contribution in [-0.2, 0) is 9.47 Å². The number of phenolic OH excluding ortho intramolecular Hbond substituents is 2. The van der Waals surface area contributed by atoms with E-state index in [1.807, 2.05) is 0 Å². The number of anilines is 1. The van der Waals surface area contributed by atoms with Crippen LogP contribution in [-0.4, -0.2) is 34.1 Å². The van der Waals surface area contributed by atoms with Crippen LogP contribution in [0.1, 0.15) is 41.4 Å². The summed E-state index contributed by atoms with van der Waals surface area (Å²) in [5.74, 6) is -4.06. The van der Waals surface area contributed by atoms with Crippen LogP contribution in [0.3, 0.4) is 0 Å². The first kappa shape index (κ1) is 21.1. The molecule has 3 rings (SSSR count). The van der Waals surface area contributed by atoms with Crippen LogP contribution in [0.15, 0.2) is 66.7 Å². The second-order valence-electron chi connectivity index (χ2n) is 6.25. The highest BCUT2D eigenvalue weighted by atomic mass is 16.6. The number of nitrogens with two attached hydrogens (primary N) is 1. The van der Waals surface area contributed by atoms with Gasteiger partial charge in [0.2, 0.25) is 0 Å². The topological polar surface area (TPSA) is 153 Å². The first-order valence-electron chi connectivity index (χ1n) is 8.75. The van der Waals surface area contributed by atoms with Crippen LogP contribution >= 0.6 is 0 Å². The number of phenols is 2. The van der Waals surface area contributed by atoms with E-state index in [0.717, 1.165) is 12.1 Å². The summed E-state index contributed by atoms with van der Waals surface area (Å²) >= 11 is 0. The fourth-order valence-corrected chi connectivity index (χ4v) is 2.47. The Morgan fingerprint density at radius 3 is 1.42 bits per heavy atom. The molecule has 4 N–H and O–H groups in total. The van der Waals surface area contributed by atoms with Crippen molar-refractivity contribution in [2.75, 3.05) is 5.73 Å². The highest BCUT2D eigenvalue weighted by molar-refractivity contribution is 6.07. The lowest BCUT2D eigenvalue weighted by atomic mass is 10.1. The minimum Gasteiger partial charge on any atom is -0.508 e. The third-order valence-electron chi connectivity index (χ3n) is 4.08. The molecular formula is C22H15NO8. The van der Waals surface area contributed by atoms with Crippen molar-refractivity contribution in [1.82, 2.24) is 0 Å². The maximum atomic E-state index is 12.2. The van der Waals surface area contributed by atoms with Gasteiger partial charge < -0.3 is 25.4 Å². The molecule has 0 radical (unpaired) electrons. The number of benzene rings is 3. The first-order valence-corrected chi connectivity index (χ1v) is 8.75. The third-order valence-corrected chi connectivity index (χ3v) is 4.08. The molecule has 0 aliphatic heterocycles. The van der Waals surface area contributed by atoms with Crippen molar-refractivity contribution in [3.05, 3.63) is 89.0 Å². The molecule has 0 bridgehead atoms. The van der Waals surface area contributed by atoms with Crippen molar-refractivity contribution >= 4 is 29.6 Å². The van der Waals surface area contributed by atoms with Crippen LogP contribution in [0.5, 0.6) is 11.5 Å². The van der Waals surface area contributed by atoms with E-state index < -0.39 is 23.9 Å². The molecule has 3 aromatic carbocycles. The summed E-state index contributed by atoms with van der Waals surface area (Å²) in [5, 5.41) is 18.5. The van der Waals surface area contributed by atoms with E-state index in [2.05, 4.69) is 0 Å². The maximum absolute atomic E-state index is 12.2. The van der Waals surface area contributed by atoms with Gasteiger partial charge in [0.05, 0.1) is 22.3 Å². The molecule has 3 aromatic rings. The van der Waals surface area contributed by atoms with E-state index in [1.54, 1.807) is 0 Å². The lowest BCUT2D eigenvalue weighted by Gasteiger charge is -2.08. The molecule has 9 nitrogen and oxygen atoms in total. The Kier molecular flexibility index (Phi) is 5.97. The Hall–Kier alpha value is -4.66. The number of carbonyl (C=O) groups is 4. The van der Waals surface area contributed by atoms with E-state index in [9.17, 15) is 29.4 Å². The Morgan fingerprint density at radius 1 is 0.581 bits per heavy atom. The molecule has 0 heterocycles. The number of ether oxygens (including phenoxy) is 2. The number of hydrogen-bond acceptors (Lipinski definition) is 9. The zero-order valence-corrected chi connectivity index (χ0v) is 15.8. The summed E-state index contributed by atoms with van der Waals surface area (Å²) in [4.78, 5) is 48.4. The SMILES string of the molecule is Nc1cc(C(=O)OC(=O)c2ccc(O)cc2)ccc1C(=O)OC(=O)c1ccc(O)cc1. The summed E-state index contributed by atoms with van der Waals surface area (Å²) in [7, 11) is 0. The average molecular weight is 421 g/mol. The molecule has 9 heteroatoms. The van der Waals surface area contributed by atoms with Gasteiger partial charge >= 0.3 is 23.9 Å². The molecule has 156 valence electrons. The minimum atomic E-state index is -1.05. The van der Waals surface area contributed by atoms with Gasteiger partial charge in [-0.2, -0.15) is 0 Å². The first-order chi connectivity index (χ1) is 14.7. The molecule has 0 aliphatic rings. The molecule has 0 amide bonds. The maximum Gasteiger partial charge on any atom is 0.348 e. The second kappa shape index (κ2) is 8.78. The van der Waals surface area contributed by atoms with Crippen LogP contribution < -0.4 is 5.73 Å². The Morgan fingerprint density at radius 2 is 0.968 bits per heavy atom. The zero-order valence-electron chi connectivity index (χ0n) is 15.8. The van der Waals surface area contributed by atoms with Crippen molar-refractivity contribution in [2.24, 2.45) is 0 Å². The van der Waals surface area contributed by atoms with Crippen LogP contribution in [0.25, 0.3) is 0 Å². The van der Waals surface area contributed by atoms with Gasteiger partial charge in [-0.25, -0.2) is 19.2 Å². The summed E-state index contributed by atoms with van der Waals surface area (Å²) in [6.45, 7) is 0. The molecule has 0 saturated carbocycles. The Labute approximate surface area is 175 Å². The molecule has 0 spiro atoms. The molecule has 0 aliphatic carbocycles. The number of esters is 4. The zero-order chi connectivity index (χ0) is 22.5. The molecular weight excluding hydrogens is 406 g/mol. The van der Waals surface area contributed by atoms with Crippen LogP contribution in [0, 0.1) is 0 Å². The molecule has 31 heavy (non-hydrogen) atoms. The smallest absolute Gasteiger partial charge is 0.348 e. The minimum absolute atomic E-state index is 0.0395. The Balaban J connectivity index is 1.68. The summed E-state index contributed by atoms with van der Waals surface area (Å²) in [5.41, 5.74) is 5.43. The molecule has 0 saturated heterocycles. The van der Waals surface area contributed by atoms with E-state index in [1.165, 1.54) is 54.6 Å². The third kappa shape index (κ3) is 5.04. The van der Waals surface area contributed by atoms with Gasteiger partial charge in [0, 0.05) is 5.69 Å². The number of carbonyl (C=O) groups excluding carboxylic acids is 4. The van der Waals surface area contributed by atoms with Crippen molar-refractivity contribution in [3.8, 4) is 11.5 Å². The van der Waals surface area contributed by atoms with Gasteiger partial charge in [0.1, 0.15) is 11.5 Å². The number of rotatable bonds is 4. The van der Waals surface area contributed by atoms with Crippen LogP contribution in [0.4, 0.5) is 5.69 Å². The predicted molar refractivity (Wildman–Crippen MR) is 107 cm³/mol. The fraction of sp³-hybridized carbons (Fsp3) is 0. The molecule has 0 atom stereocenters. The van der Waals surface area contributed by atoms with Gasteiger partial charge in [-0.05, 0) is 66.7 Å². The highest BCUT2D eigenvalue weighted by Gasteiger charge is 2.20. The monoisotopic (exact) mass is 421 g/mol. The van der Waals surface area contributed by atoms with Gasteiger partial charge in [0.15, 0.2) is 0 Å².